The third kappa shape index (κ3) is 4.73. The molecule has 0 aliphatic rings. The zero-order valence-corrected chi connectivity index (χ0v) is 19.5. The summed E-state index contributed by atoms with van der Waals surface area (Å²) >= 11 is 0. The Bertz CT molecular complexity index is 1390. The van der Waals surface area contributed by atoms with Gasteiger partial charge in [-0.2, -0.15) is 0 Å². The molecule has 0 fully saturated rings. The van der Waals surface area contributed by atoms with Crippen molar-refractivity contribution in [3.05, 3.63) is 89.1 Å². The molecule has 1 amide bonds. The van der Waals surface area contributed by atoms with Gasteiger partial charge in [0.25, 0.3) is 0 Å². The van der Waals surface area contributed by atoms with E-state index in [1.54, 1.807) is 22.9 Å². The third-order valence-electron chi connectivity index (χ3n) is 5.98. The van der Waals surface area contributed by atoms with Crippen LogP contribution in [0, 0.1) is 30.2 Å². The zero-order chi connectivity index (χ0) is 25.3. The predicted octanol–water partition coefficient (Wildman–Crippen LogP) is 7.06. The number of aryl methyl sites for hydroxylation is 1. The second-order valence-corrected chi connectivity index (χ2v) is 8.18. The fourth-order valence-corrected chi connectivity index (χ4v) is 4.10. The molecule has 1 aromatic heterocycles. The molecule has 0 saturated carbocycles. The molecular formula is C27H24F4N2O2. The van der Waals surface area contributed by atoms with Crippen LogP contribution < -0.4 is 4.74 Å². The summed E-state index contributed by atoms with van der Waals surface area (Å²) in [6, 6.07) is 11.0. The van der Waals surface area contributed by atoms with E-state index in [-0.39, 0.29) is 29.0 Å². The van der Waals surface area contributed by atoms with Crippen LogP contribution in [0.4, 0.5) is 22.4 Å². The lowest BCUT2D eigenvalue weighted by atomic mass is 10.00. The number of carbonyl (C=O) groups excluding carboxylic acids is 1. The van der Waals surface area contributed by atoms with Gasteiger partial charge in [0.2, 0.25) is 0 Å². The van der Waals surface area contributed by atoms with Crippen molar-refractivity contribution in [2.45, 2.75) is 27.3 Å². The molecule has 0 saturated heterocycles. The molecule has 8 heteroatoms. The van der Waals surface area contributed by atoms with E-state index in [2.05, 4.69) is 0 Å². The Labute approximate surface area is 200 Å². The van der Waals surface area contributed by atoms with E-state index in [1.807, 2.05) is 13.8 Å². The molecule has 0 spiro atoms. The Morgan fingerprint density at radius 2 is 1.60 bits per heavy atom. The van der Waals surface area contributed by atoms with E-state index in [9.17, 15) is 22.4 Å². The topological polar surface area (TPSA) is 34.5 Å². The van der Waals surface area contributed by atoms with Crippen LogP contribution in [0.25, 0.3) is 22.0 Å². The molecule has 4 aromatic rings. The second kappa shape index (κ2) is 9.82. The molecule has 4 rings (SSSR count). The smallest absolute Gasteiger partial charge is 0.410 e. The highest BCUT2D eigenvalue weighted by Crippen LogP contribution is 2.39. The third-order valence-corrected chi connectivity index (χ3v) is 5.98. The maximum Gasteiger partial charge on any atom is 0.415 e. The molecule has 0 aliphatic carbocycles. The first-order valence-electron chi connectivity index (χ1n) is 11.2. The van der Waals surface area contributed by atoms with Crippen LogP contribution in [0.2, 0.25) is 0 Å². The normalized spacial score (nSPS) is 11.2. The van der Waals surface area contributed by atoms with Crippen molar-refractivity contribution < 1.29 is 27.1 Å². The number of benzene rings is 3. The number of amides is 1. The Morgan fingerprint density at radius 3 is 2.26 bits per heavy atom. The van der Waals surface area contributed by atoms with Gasteiger partial charge in [0, 0.05) is 47.4 Å². The molecule has 0 unspecified atom stereocenters. The molecule has 35 heavy (non-hydrogen) atoms. The fraction of sp³-hybridized carbons (Fsp3) is 0.222. The summed E-state index contributed by atoms with van der Waals surface area (Å²) in [6.07, 6.45) is 1.07. The number of hydrogen-bond donors (Lipinski definition) is 0. The highest BCUT2D eigenvalue weighted by Gasteiger charge is 2.20. The Hall–Kier alpha value is -3.81. The van der Waals surface area contributed by atoms with Crippen LogP contribution in [0.5, 0.6) is 5.75 Å². The molecule has 4 nitrogen and oxygen atoms in total. The standard InChI is InChI=1S/C27H24F4N2O2/c1-4-32(5-2)27(34)35-23-9-8-22-21(24(23)18-12-19(28)14-20(29)13-18)10-11-33(22)15-17-7-6-16(3)25(30)26(17)31/h6-14H,4-5,15H2,1-3H3. The summed E-state index contributed by atoms with van der Waals surface area (Å²) in [4.78, 5) is 14.1. The lowest BCUT2D eigenvalue weighted by Gasteiger charge is -2.20. The maximum atomic E-state index is 14.5. The van der Waals surface area contributed by atoms with Gasteiger partial charge >= 0.3 is 6.09 Å². The maximum absolute atomic E-state index is 14.5. The van der Waals surface area contributed by atoms with Gasteiger partial charge in [0.1, 0.15) is 17.4 Å². The summed E-state index contributed by atoms with van der Waals surface area (Å²) < 4.78 is 64.1. The van der Waals surface area contributed by atoms with E-state index >= 15 is 0 Å². The minimum atomic E-state index is -0.927. The fourth-order valence-electron chi connectivity index (χ4n) is 4.10. The lowest BCUT2D eigenvalue weighted by molar-refractivity contribution is 0.157. The first-order valence-corrected chi connectivity index (χ1v) is 11.2. The number of carbonyl (C=O) groups is 1. The van der Waals surface area contributed by atoms with E-state index in [0.29, 0.717) is 29.6 Å². The number of hydrogen-bond acceptors (Lipinski definition) is 2. The van der Waals surface area contributed by atoms with Crippen molar-refractivity contribution in [2.24, 2.45) is 0 Å². The molecule has 0 bridgehead atoms. The molecule has 0 N–H and O–H groups in total. The summed E-state index contributed by atoms with van der Waals surface area (Å²) in [5.41, 5.74) is 1.45. The summed E-state index contributed by atoms with van der Waals surface area (Å²) in [5, 5.41) is 0.535. The lowest BCUT2D eigenvalue weighted by Crippen LogP contribution is -2.33. The number of rotatable bonds is 6. The van der Waals surface area contributed by atoms with Crippen LogP contribution >= 0.6 is 0 Å². The van der Waals surface area contributed by atoms with Gasteiger partial charge in [-0.05, 0) is 62.2 Å². The van der Waals surface area contributed by atoms with E-state index < -0.39 is 29.4 Å². The monoisotopic (exact) mass is 484 g/mol. The number of ether oxygens (including phenoxy) is 1. The van der Waals surface area contributed by atoms with Gasteiger partial charge in [0.15, 0.2) is 11.6 Å². The largest absolute Gasteiger partial charge is 0.415 e. The number of halogens is 4. The summed E-state index contributed by atoms with van der Waals surface area (Å²) in [7, 11) is 0. The average molecular weight is 484 g/mol. The van der Waals surface area contributed by atoms with Crippen molar-refractivity contribution in [1.29, 1.82) is 0 Å². The Morgan fingerprint density at radius 1 is 0.914 bits per heavy atom. The number of fused-ring (bicyclic) bond motifs is 1. The van der Waals surface area contributed by atoms with Crippen LogP contribution in [-0.4, -0.2) is 28.6 Å². The summed E-state index contributed by atoms with van der Waals surface area (Å²) in [5.74, 6) is -3.27. The van der Waals surface area contributed by atoms with E-state index in [4.69, 9.17) is 4.74 Å². The first kappa shape index (κ1) is 24.3. The van der Waals surface area contributed by atoms with E-state index in [0.717, 1.165) is 18.2 Å². The molecular weight excluding hydrogens is 460 g/mol. The van der Waals surface area contributed by atoms with Gasteiger partial charge in [-0.1, -0.05) is 12.1 Å². The molecule has 182 valence electrons. The molecule has 3 aromatic carbocycles. The minimum Gasteiger partial charge on any atom is -0.410 e. The molecule has 0 radical (unpaired) electrons. The Balaban J connectivity index is 1.86. The van der Waals surface area contributed by atoms with Gasteiger partial charge in [-0.15, -0.1) is 0 Å². The molecule has 1 heterocycles. The minimum absolute atomic E-state index is 0.0298. The van der Waals surface area contributed by atoms with Crippen molar-refractivity contribution in [3.8, 4) is 16.9 Å². The number of nitrogens with zero attached hydrogens (tertiary/aromatic N) is 2. The van der Waals surface area contributed by atoms with Crippen molar-refractivity contribution >= 4 is 17.0 Å². The highest BCUT2D eigenvalue weighted by atomic mass is 19.2. The van der Waals surface area contributed by atoms with Crippen LogP contribution in [0.1, 0.15) is 25.0 Å². The van der Waals surface area contributed by atoms with Crippen molar-refractivity contribution in [2.75, 3.05) is 13.1 Å². The molecule has 0 atom stereocenters. The van der Waals surface area contributed by atoms with Crippen LogP contribution in [0.15, 0.2) is 54.7 Å². The number of aromatic nitrogens is 1. The highest BCUT2D eigenvalue weighted by molar-refractivity contribution is 5.99. The van der Waals surface area contributed by atoms with Gasteiger partial charge in [-0.25, -0.2) is 22.4 Å². The van der Waals surface area contributed by atoms with Gasteiger partial charge < -0.3 is 14.2 Å². The van der Waals surface area contributed by atoms with Gasteiger partial charge in [-0.3, -0.25) is 0 Å². The van der Waals surface area contributed by atoms with Crippen molar-refractivity contribution in [3.63, 3.8) is 0 Å². The first-order chi connectivity index (χ1) is 16.7. The van der Waals surface area contributed by atoms with Crippen molar-refractivity contribution in [1.82, 2.24) is 9.47 Å². The van der Waals surface area contributed by atoms with E-state index in [1.165, 1.54) is 30.0 Å². The second-order valence-electron chi connectivity index (χ2n) is 8.18. The van der Waals surface area contributed by atoms with Crippen LogP contribution in [0.3, 0.4) is 0 Å². The van der Waals surface area contributed by atoms with Crippen LogP contribution in [-0.2, 0) is 6.54 Å². The zero-order valence-electron chi connectivity index (χ0n) is 19.5. The quantitative estimate of drug-likeness (QED) is 0.275. The Kier molecular flexibility index (Phi) is 6.82. The molecule has 0 aliphatic heterocycles. The summed E-state index contributed by atoms with van der Waals surface area (Å²) in [6.45, 7) is 5.99. The predicted molar refractivity (Wildman–Crippen MR) is 126 cm³/mol. The average Bonchev–Trinajstić information content (AvgIpc) is 3.22. The SMILES string of the molecule is CCN(CC)C(=O)Oc1ccc2c(ccn2Cc2ccc(C)c(F)c2F)c1-c1cc(F)cc(F)c1. The van der Waals surface area contributed by atoms with Gasteiger partial charge in [0.05, 0.1) is 6.54 Å².